The molecule has 2 rings (SSSR count). The summed E-state index contributed by atoms with van der Waals surface area (Å²) < 4.78 is 0. The summed E-state index contributed by atoms with van der Waals surface area (Å²) in [5.41, 5.74) is 0. The summed E-state index contributed by atoms with van der Waals surface area (Å²) in [7, 11) is 0. The van der Waals surface area contributed by atoms with E-state index in [2.05, 4.69) is 17.1 Å². The molecule has 0 radical (unpaired) electrons. The highest BCUT2D eigenvalue weighted by Crippen LogP contribution is 2.24. The number of nitrogens with one attached hydrogen (secondary N) is 1. The molecule has 16 heavy (non-hydrogen) atoms. The molecule has 0 aromatic heterocycles. The van der Waals surface area contributed by atoms with Crippen molar-refractivity contribution in [3.05, 3.63) is 0 Å². The fourth-order valence-electron chi connectivity index (χ4n) is 3.42. The van der Waals surface area contributed by atoms with Gasteiger partial charge in [0.25, 0.3) is 0 Å². The van der Waals surface area contributed by atoms with Crippen molar-refractivity contribution >= 4 is 0 Å². The number of nitrogens with zero attached hydrogens (tertiary/aromatic N) is 1. The lowest BCUT2D eigenvalue weighted by Gasteiger charge is -2.33. The smallest absolute Gasteiger partial charge is 0.0119 e. The lowest BCUT2D eigenvalue weighted by atomic mass is 9.96. The molecule has 2 saturated heterocycles. The Hall–Kier alpha value is -0.0800. The molecule has 0 bridgehead atoms. The third-order valence-corrected chi connectivity index (χ3v) is 4.40. The third kappa shape index (κ3) is 3.46. The summed E-state index contributed by atoms with van der Waals surface area (Å²) in [6.45, 7) is 7.54. The van der Waals surface area contributed by atoms with Crippen LogP contribution in [0.15, 0.2) is 0 Å². The van der Waals surface area contributed by atoms with Crippen LogP contribution in [0, 0.1) is 5.92 Å². The van der Waals surface area contributed by atoms with Gasteiger partial charge < -0.3 is 10.2 Å². The molecule has 2 fully saturated rings. The van der Waals surface area contributed by atoms with Gasteiger partial charge >= 0.3 is 0 Å². The van der Waals surface area contributed by atoms with Crippen LogP contribution in [0.25, 0.3) is 0 Å². The number of piperidine rings is 1. The minimum atomic E-state index is 0.890. The van der Waals surface area contributed by atoms with Crippen LogP contribution in [0.4, 0.5) is 0 Å². The average molecular weight is 224 g/mol. The van der Waals surface area contributed by atoms with Crippen molar-refractivity contribution < 1.29 is 0 Å². The van der Waals surface area contributed by atoms with Crippen LogP contribution in [-0.4, -0.2) is 37.1 Å². The zero-order valence-electron chi connectivity index (χ0n) is 10.9. The van der Waals surface area contributed by atoms with Crippen molar-refractivity contribution in [1.82, 2.24) is 10.2 Å². The van der Waals surface area contributed by atoms with Crippen LogP contribution in [0.1, 0.15) is 51.9 Å². The van der Waals surface area contributed by atoms with E-state index < -0.39 is 0 Å². The second-order valence-electron chi connectivity index (χ2n) is 5.60. The molecule has 1 atom stereocenters. The van der Waals surface area contributed by atoms with Gasteiger partial charge in [-0.2, -0.15) is 0 Å². The first-order valence-electron chi connectivity index (χ1n) is 7.35. The summed E-state index contributed by atoms with van der Waals surface area (Å²) >= 11 is 0. The largest absolute Gasteiger partial charge is 0.317 e. The Morgan fingerprint density at radius 3 is 2.62 bits per heavy atom. The predicted octanol–water partition coefficient (Wildman–Crippen LogP) is 2.64. The molecule has 2 heterocycles. The fraction of sp³-hybridized carbons (Fsp3) is 1.00. The minimum Gasteiger partial charge on any atom is -0.317 e. The highest BCUT2D eigenvalue weighted by Gasteiger charge is 2.23. The quantitative estimate of drug-likeness (QED) is 0.793. The zero-order chi connectivity index (χ0) is 11.2. The number of hydrogen-bond acceptors (Lipinski definition) is 2. The number of hydrogen-bond donors (Lipinski definition) is 1. The van der Waals surface area contributed by atoms with E-state index in [1.165, 1.54) is 71.1 Å². The van der Waals surface area contributed by atoms with Gasteiger partial charge in [0.05, 0.1) is 0 Å². The molecule has 2 nitrogen and oxygen atoms in total. The summed E-state index contributed by atoms with van der Waals surface area (Å²) in [4.78, 5) is 2.79. The first-order chi connectivity index (χ1) is 7.90. The van der Waals surface area contributed by atoms with Crippen molar-refractivity contribution in [2.45, 2.75) is 57.9 Å². The Kier molecular flexibility index (Phi) is 5.11. The van der Waals surface area contributed by atoms with Gasteiger partial charge in [-0.1, -0.05) is 19.8 Å². The standard InChI is InChI=1S/C14H28N2/c1-2-4-13-5-3-11-16(12-8-13)14-6-9-15-10-7-14/h13-15H,2-12H2,1H3. The van der Waals surface area contributed by atoms with Crippen LogP contribution in [0.5, 0.6) is 0 Å². The maximum atomic E-state index is 3.47. The molecule has 2 heteroatoms. The highest BCUT2D eigenvalue weighted by molar-refractivity contribution is 4.80. The van der Waals surface area contributed by atoms with E-state index in [9.17, 15) is 0 Å². The van der Waals surface area contributed by atoms with E-state index in [0.717, 1.165) is 12.0 Å². The molecule has 94 valence electrons. The predicted molar refractivity (Wildman–Crippen MR) is 69.7 cm³/mol. The van der Waals surface area contributed by atoms with Gasteiger partial charge in [-0.15, -0.1) is 0 Å². The molecule has 2 aliphatic rings. The first-order valence-corrected chi connectivity index (χ1v) is 7.35. The summed E-state index contributed by atoms with van der Waals surface area (Å²) in [5.74, 6) is 1.02. The van der Waals surface area contributed by atoms with Crippen molar-refractivity contribution in [2.24, 2.45) is 5.92 Å². The van der Waals surface area contributed by atoms with Crippen molar-refractivity contribution in [3.8, 4) is 0 Å². The lowest BCUT2D eigenvalue weighted by molar-refractivity contribution is 0.166. The zero-order valence-corrected chi connectivity index (χ0v) is 10.9. The molecule has 0 saturated carbocycles. The van der Waals surface area contributed by atoms with E-state index >= 15 is 0 Å². The second-order valence-corrected chi connectivity index (χ2v) is 5.60. The van der Waals surface area contributed by atoms with Crippen LogP contribution in [-0.2, 0) is 0 Å². The molecule has 0 aromatic rings. The van der Waals surface area contributed by atoms with E-state index in [1.54, 1.807) is 0 Å². The van der Waals surface area contributed by atoms with E-state index in [4.69, 9.17) is 0 Å². The Bertz CT molecular complexity index is 187. The van der Waals surface area contributed by atoms with Crippen molar-refractivity contribution in [1.29, 1.82) is 0 Å². The minimum absolute atomic E-state index is 0.890. The maximum absolute atomic E-state index is 3.47. The van der Waals surface area contributed by atoms with Gasteiger partial charge in [0.15, 0.2) is 0 Å². The molecule has 0 spiro atoms. The molecule has 1 N–H and O–H groups in total. The monoisotopic (exact) mass is 224 g/mol. The van der Waals surface area contributed by atoms with Crippen molar-refractivity contribution in [2.75, 3.05) is 26.2 Å². The topological polar surface area (TPSA) is 15.3 Å². The fourth-order valence-corrected chi connectivity index (χ4v) is 3.42. The maximum Gasteiger partial charge on any atom is 0.0119 e. The lowest BCUT2D eigenvalue weighted by Crippen LogP contribution is -2.43. The summed E-state index contributed by atoms with van der Waals surface area (Å²) in [5, 5.41) is 3.47. The van der Waals surface area contributed by atoms with Crippen LogP contribution >= 0.6 is 0 Å². The highest BCUT2D eigenvalue weighted by atomic mass is 15.2. The molecule has 0 amide bonds. The molecule has 2 aliphatic heterocycles. The Morgan fingerprint density at radius 2 is 1.88 bits per heavy atom. The van der Waals surface area contributed by atoms with Gasteiger partial charge in [0, 0.05) is 6.04 Å². The van der Waals surface area contributed by atoms with Crippen LogP contribution in [0.3, 0.4) is 0 Å². The van der Waals surface area contributed by atoms with Gasteiger partial charge in [0.1, 0.15) is 0 Å². The molecule has 0 aromatic carbocycles. The SMILES string of the molecule is CCCC1CCCN(C2CCNCC2)CC1. The molecule has 0 aliphatic carbocycles. The molecular formula is C14H28N2. The van der Waals surface area contributed by atoms with Crippen LogP contribution < -0.4 is 5.32 Å². The number of rotatable bonds is 3. The third-order valence-electron chi connectivity index (χ3n) is 4.40. The van der Waals surface area contributed by atoms with Crippen LogP contribution in [0.2, 0.25) is 0 Å². The average Bonchev–Trinajstić information content (AvgIpc) is 2.57. The van der Waals surface area contributed by atoms with Gasteiger partial charge in [-0.25, -0.2) is 0 Å². The Morgan fingerprint density at radius 1 is 1.06 bits per heavy atom. The number of likely N-dealkylation sites (tertiary alicyclic amines) is 1. The summed E-state index contributed by atoms with van der Waals surface area (Å²) in [6, 6.07) is 0.890. The van der Waals surface area contributed by atoms with Gasteiger partial charge in [0.2, 0.25) is 0 Å². The van der Waals surface area contributed by atoms with E-state index in [1.807, 2.05) is 0 Å². The van der Waals surface area contributed by atoms with Crippen molar-refractivity contribution in [3.63, 3.8) is 0 Å². The second kappa shape index (κ2) is 6.61. The van der Waals surface area contributed by atoms with Gasteiger partial charge in [-0.05, 0) is 64.2 Å². The summed E-state index contributed by atoms with van der Waals surface area (Å²) in [6.07, 6.45) is 9.96. The molecular weight excluding hydrogens is 196 g/mol. The van der Waals surface area contributed by atoms with Gasteiger partial charge in [-0.3, -0.25) is 0 Å². The molecule has 1 unspecified atom stereocenters. The Labute approximate surface area is 101 Å². The van der Waals surface area contributed by atoms with E-state index in [0.29, 0.717) is 0 Å². The van der Waals surface area contributed by atoms with E-state index in [-0.39, 0.29) is 0 Å². The normalized spacial score (nSPS) is 30.2. The Balaban J connectivity index is 1.78. The first kappa shape index (κ1) is 12.4.